The molecule has 0 radical (unpaired) electrons. The second-order valence-electron chi connectivity index (χ2n) is 8.64. The lowest BCUT2D eigenvalue weighted by atomic mass is 9.78. The smallest absolute Gasteiger partial charge is 0.278 e. The lowest BCUT2D eigenvalue weighted by Crippen LogP contribution is -2.25. The highest BCUT2D eigenvalue weighted by Crippen LogP contribution is 2.51. The maximum atomic E-state index is 13.5. The van der Waals surface area contributed by atoms with Crippen molar-refractivity contribution in [2.75, 3.05) is 0 Å². The van der Waals surface area contributed by atoms with E-state index < -0.39 is 11.8 Å². The number of amides is 2. The van der Waals surface area contributed by atoms with E-state index in [2.05, 4.69) is 0 Å². The van der Waals surface area contributed by atoms with Crippen LogP contribution in [0.1, 0.15) is 20.7 Å². The van der Waals surface area contributed by atoms with Crippen molar-refractivity contribution < 1.29 is 14.8 Å². The molecule has 1 heterocycles. The van der Waals surface area contributed by atoms with Crippen LogP contribution in [0.5, 0.6) is 0 Å². The Kier molecular flexibility index (Phi) is 5.29. The van der Waals surface area contributed by atoms with Gasteiger partial charge in [0.25, 0.3) is 11.8 Å². The summed E-state index contributed by atoms with van der Waals surface area (Å²) >= 11 is 0. The molecule has 5 aromatic carbocycles. The molecule has 5 aromatic rings. The number of hydroxylamine groups is 2. The van der Waals surface area contributed by atoms with Crippen LogP contribution in [0, 0.1) is 0 Å². The minimum Gasteiger partial charge on any atom is -0.278 e. The van der Waals surface area contributed by atoms with Gasteiger partial charge in [-0.05, 0) is 33.4 Å². The van der Waals surface area contributed by atoms with E-state index in [4.69, 9.17) is 0 Å². The number of hydrogen-bond acceptors (Lipinski definition) is 3. The van der Waals surface area contributed by atoms with Gasteiger partial charge in [-0.15, -0.1) is 5.06 Å². The Morgan fingerprint density at radius 2 is 0.583 bits per heavy atom. The normalized spacial score (nSPS) is 12.6. The second kappa shape index (κ2) is 8.77. The Hall–Kier alpha value is -4.80. The molecule has 0 saturated carbocycles. The number of imide groups is 1. The number of nitrogens with zero attached hydrogens (tertiary/aromatic N) is 1. The molecule has 0 aliphatic carbocycles. The summed E-state index contributed by atoms with van der Waals surface area (Å²) in [6.45, 7) is 0. The zero-order valence-electron chi connectivity index (χ0n) is 19.3. The molecule has 6 rings (SSSR count). The average molecular weight is 468 g/mol. The van der Waals surface area contributed by atoms with Crippen molar-refractivity contribution in [2.45, 2.75) is 0 Å². The third-order valence-electron chi connectivity index (χ3n) is 6.56. The lowest BCUT2D eigenvalue weighted by molar-refractivity contribution is -0.0326. The number of rotatable bonds is 4. The van der Waals surface area contributed by atoms with Crippen molar-refractivity contribution in [1.29, 1.82) is 0 Å². The van der Waals surface area contributed by atoms with E-state index in [9.17, 15) is 14.8 Å². The fourth-order valence-corrected chi connectivity index (χ4v) is 5.06. The molecule has 0 saturated heterocycles. The van der Waals surface area contributed by atoms with E-state index in [1.54, 1.807) is 0 Å². The molecule has 4 nitrogen and oxygen atoms in total. The highest BCUT2D eigenvalue weighted by atomic mass is 16.5. The Morgan fingerprint density at radius 3 is 0.833 bits per heavy atom. The maximum Gasteiger partial charge on any atom is 0.286 e. The molecule has 172 valence electrons. The average Bonchev–Trinajstić information content (AvgIpc) is 3.17. The minimum atomic E-state index is -0.720. The molecular weight excluding hydrogens is 446 g/mol. The second-order valence-corrected chi connectivity index (χ2v) is 8.64. The van der Waals surface area contributed by atoms with Crippen molar-refractivity contribution in [2.24, 2.45) is 0 Å². The zero-order chi connectivity index (χ0) is 24.6. The van der Waals surface area contributed by atoms with E-state index >= 15 is 0 Å². The van der Waals surface area contributed by atoms with Crippen molar-refractivity contribution >= 4 is 11.8 Å². The number of fused-ring (bicyclic) bond motifs is 1. The predicted octanol–water partition coefficient (Wildman–Crippen LogP) is 7.34. The third-order valence-corrected chi connectivity index (χ3v) is 6.56. The van der Waals surface area contributed by atoms with Gasteiger partial charge < -0.3 is 0 Å². The van der Waals surface area contributed by atoms with Crippen LogP contribution in [0.3, 0.4) is 0 Å². The maximum absolute atomic E-state index is 13.5. The number of hydrogen-bond donors (Lipinski definition) is 1. The van der Waals surface area contributed by atoms with Crippen molar-refractivity contribution in [3.05, 3.63) is 132 Å². The van der Waals surface area contributed by atoms with Crippen molar-refractivity contribution in [3.8, 4) is 44.5 Å². The van der Waals surface area contributed by atoms with Gasteiger partial charge in [0.15, 0.2) is 0 Å². The molecule has 0 aromatic heterocycles. The first-order valence-electron chi connectivity index (χ1n) is 11.7. The van der Waals surface area contributed by atoms with Gasteiger partial charge in [-0.1, -0.05) is 121 Å². The van der Waals surface area contributed by atoms with Gasteiger partial charge >= 0.3 is 0 Å². The molecule has 0 bridgehead atoms. The summed E-state index contributed by atoms with van der Waals surface area (Å²) in [5, 5.41) is 10.8. The Bertz CT molecular complexity index is 1470. The third kappa shape index (κ3) is 3.35. The SMILES string of the molecule is O=C1c2c(c(-c3ccccc3)c(-c3ccccc3)c(-c3ccccc3)c2-c2ccccc2)C(=O)N1O. The van der Waals surface area contributed by atoms with Gasteiger partial charge in [-0.2, -0.15) is 0 Å². The molecule has 1 aliphatic heterocycles. The zero-order valence-corrected chi connectivity index (χ0v) is 19.3. The van der Waals surface area contributed by atoms with Gasteiger partial charge in [-0.3, -0.25) is 14.8 Å². The number of carbonyl (C=O) groups is 2. The lowest BCUT2D eigenvalue weighted by Gasteiger charge is -2.23. The van der Waals surface area contributed by atoms with E-state index in [1.165, 1.54) is 0 Å². The fraction of sp³-hybridized carbons (Fsp3) is 0. The Labute approximate surface area is 208 Å². The summed E-state index contributed by atoms with van der Waals surface area (Å²) in [7, 11) is 0. The summed E-state index contributed by atoms with van der Waals surface area (Å²) in [5.41, 5.74) is 6.76. The molecule has 36 heavy (non-hydrogen) atoms. The van der Waals surface area contributed by atoms with Crippen LogP contribution in [0.2, 0.25) is 0 Å². The summed E-state index contributed by atoms with van der Waals surface area (Å²) in [4.78, 5) is 26.9. The van der Waals surface area contributed by atoms with Crippen LogP contribution in [-0.2, 0) is 0 Å². The van der Waals surface area contributed by atoms with E-state index in [1.807, 2.05) is 121 Å². The monoisotopic (exact) mass is 467 g/mol. The molecule has 2 amide bonds. The largest absolute Gasteiger partial charge is 0.286 e. The number of carbonyl (C=O) groups excluding carboxylic acids is 2. The molecular formula is C32H21NO3. The summed E-state index contributed by atoms with van der Waals surface area (Å²) in [5.74, 6) is -1.44. The van der Waals surface area contributed by atoms with E-state index in [-0.39, 0.29) is 16.2 Å². The Balaban J connectivity index is 1.91. The molecule has 0 atom stereocenters. The predicted molar refractivity (Wildman–Crippen MR) is 140 cm³/mol. The van der Waals surface area contributed by atoms with Gasteiger partial charge in [-0.25, -0.2) is 0 Å². The van der Waals surface area contributed by atoms with Gasteiger partial charge in [0.1, 0.15) is 0 Å². The summed E-state index contributed by atoms with van der Waals surface area (Å²) < 4.78 is 0. The van der Waals surface area contributed by atoms with E-state index in [0.717, 1.165) is 33.4 Å². The minimum absolute atomic E-state index is 0.214. The quantitative estimate of drug-likeness (QED) is 0.222. The van der Waals surface area contributed by atoms with E-state index in [0.29, 0.717) is 11.1 Å². The van der Waals surface area contributed by atoms with Crippen LogP contribution in [0.4, 0.5) is 0 Å². The molecule has 1 N–H and O–H groups in total. The number of benzene rings is 5. The van der Waals surface area contributed by atoms with Crippen LogP contribution < -0.4 is 0 Å². The van der Waals surface area contributed by atoms with Gasteiger partial charge in [0.05, 0.1) is 11.1 Å². The first-order chi connectivity index (χ1) is 17.7. The topological polar surface area (TPSA) is 57.6 Å². The molecule has 0 spiro atoms. The molecule has 4 heteroatoms. The van der Waals surface area contributed by atoms with Gasteiger partial charge in [0.2, 0.25) is 0 Å². The Morgan fingerprint density at radius 1 is 0.361 bits per heavy atom. The first-order valence-corrected chi connectivity index (χ1v) is 11.7. The highest BCUT2D eigenvalue weighted by molar-refractivity contribution is 6.29. The van der Waals surface area contributed by atoms with Crippen LogP contribution in [0.15, 0.2) is 121 Å². The summed E-state index contributed by atoms with van der Waals surface area (Å²) in [6.07, 6.45) is 0. The van der Waals surface area contributed by atoms with Crippen LogP contribution in [0.25, 0.3) is 44.5 Å². The van der Waals surface area contributed by atoms with Crippen LogP contribution >= 0.6 is 0 Å². The van der Waals surface area contributed by atoms with Gasteiger partial charge in [0, 0.05) is 11.1 Å². The summed E-state index contributed by atoms with van der Waals surface area (Å²) in [6, 6.07) is 38.9. The van der Waals surface area contributed by atoms with Crippen molar-refractivity contribution in [3.63, 3.8) is 0 Å². The standard InChI is InChI=1S/C32H21NO3/c34-31-29-27(23-17-9-3-10-18-23)25(21-13-5-1-6-14-21)26(22-15-7-2-8-16-22)28(24-19-11-4-12-20-24)30(29)32(35)33(31)36/h1-20,36H. The molecule has 0 fully saturated rings. The van der Waals surface area contributed by atoms with Crippen LogP contribution in [-0.4, -0.2) is 22.1 Å². The fourth-order valence-electron chi connectivity index (χ4n) is 5.06. The highest BCUT2D eigenvalue weighted by Gasteiger charge is 2.42. The first kappa shape index (κ1) is 21.7. The molecule has 1 aliphatic rings. The molecule has 0 unspecified atom stereocenters. The van der Waals surface area contributed by atoms with Crippen molar-refractivity contribution in [1.82, 2.24) is 5.06 Å².